The highest BCUT2D eigenvalue weighted by atomic mass is 16.5. The molecule has 0 saturated heterocycles. The number of aromatic carboxylic acids is 1. The second-order valence-corrected chi connectivity index (χ2v) is 3.27. The van der Waals surface area contributed by atoms with Gasteiger partial charge in [-0.1, -0.05) is 5.16 Å². The first kappa shape index (κ1) is 13.6. The molecule has 7 heteroatoms. The van der Waals surface area contributed by atoms with E-state index in [0.717, 1.165) is 0 Å². The van der Waals surface area contributed by atoms with Crippen LogP contribution in [0.15, 0.2) is 10.6 Å². The summed E-state index contributed by atoms with van der Waals surface area (Å²) < 4.78 is 14.9. The van der Waals surface area contributed by atoms with Crippen molar-refractivity contribution in [1.29, 1.82) is 0 Å². The Morgan fingerprint density at radius 1 is 1.53 bits per heavy atom. The largest absolute Gasteiger partial charge is 0.476 e. The van der Waals surface area contributed by atoms with Crippen LogP contribution in [0.5, 0.6) is 0 Å². The quantitative estimate of drug-likeness (QED) is 0.596. The minimum Gasteiger partial charge on any atom is -0.476 e. The van der Waals surface area contributed by atoms with Crippen LogP contribution in [0.3, 0.4) is 0 Å². The zero-order chi connectivity index (χ0) is 12.5. The molecule has 1 heterocycles. The predicted molar refractivity (Wildman–Crippen MR) is 57.9 cm³/mol. The summed E-state index contributed by atoms with van der Waals surface area (Å²) in [6, 6.07) is 1.39. The van der Waals surface area contributed by atoms with E-state index in [4.69, 9.17) is 19.1 Å². The number of carboxylic acid groups (broad SMARTS) is 1. The van der Waals surface area contributed by atoms with Gasteiger partial charge in [0.25, 0.3) is 0 Å². The van der Waals surface area contributed by atoms with Gasteiger partial charge in [0.2, 0.25) is 0 Å². The van der Waals surface area contributed by atoms with E-state index in [2.05, 4.69) is 10.5 Å². The zero-order valence-corrected chi connectivity index (χ0v) is 9.64. The summed E-state index contributed by atoms with van der Waals surface area (Å²) in [5.74, 6) is -0.609. The lowest BCUT2D eigenvalue weighted by molar-refractivity contribution is 0.0685. The Morgan fingerprint density at radius 2 is 2.35 bits per heavy atom. The minimum absolute atomic E-state index is 0.0851. The van der Waals surface area contributed by atoms with Crippen LogP contribution in [-0.2, 0) is 16.0 Å². The van der Waals surface area contributed by atoms with Gasteiger partial charge >= 0.3 is 5.97 Å². The van der Waals surface area contributed by atoms with E-state index < -0.39 is 5.97 Å². The van der Waals surface area contributed by atoms with Crippen LogP contribution in [0.1, 0.15) is 16.2 Å². The van der Waals surface area contributed by atoms with Gasteiger partial charge in [-0.2, -0.15) is 0 Å². The molecule has 0 saturated carbocycles. The summed E-state index contributed by atoms with van der Waals surface area (Å²) in [6.45, 7) is 2.76. The summed E-state index contributed by atoms with van der Waals surface area (Å²) in [7, 11) is 1.62. The molecule has 1 aromatic rings. The maximum atomic E-state index is 10.5. The van der Waals surface area contributed by atoms with Crippen LogP contribution in [0, 0.1) is 0 Å². The van der Waals surface area contributed by atoms with Gasteiger partial charge in [0, 0.05) is 19.7 Å². The van der Waals surface area contributed by atoms with Gasteiger partial charge in [0.15, 0.2) is 11.5 Å². The lowest BCUT2D eigenvalue weighted by Gasteiger charge is -2.03. The van der Waals surface area contributed by atoms with Gasteiger partial charge in [-0.05, 0) is 0 Å². The first-order valence-corrected chi connectivity index (χ1v) is 5.20. The average Bonchev–Trinajstić information content (AvgIpc) is 2.77. The normalized spacial score (nSPS) is 10.6. The number of aromatic nitrogens is 1. The first-order valence-electron chi connectivity index (χ1n) is 5.20. The number of carbonyl (C=O) groups is 1. The van der Waals surface area contributed by atoms with Crippen molar-refractivity contribution < 1.29 is 23.9 Å². The van der Waals surface area contributed by atoms with E-state index in [-0.39, 0.29) is 5.69 Å². The highest BCUT2D eigenvalue weighted by Gasteiger charge is 2.09. The molecule has 0 bridgehead atoms. The number of rotatable bonds is 9. The molecule has 0 radical (unpaired) electrons. The molecule has 1 aromatic heterocycles. The van der Waals surface area contributed by atoms with Crippen molar-refractivity contribution in [2.24, 2.45) is 0 Å². The fourth-order valence-corrected chi connectivity index (χ4v) is 1.10. The minimum atomic E-state index is -1.09. The zero-order valence-electron chi connectivity index (χ0n) is 9.64. The van der Waals surface area contributed by atoms with Crippen molar-refractivity contribution >= 4 is 5.97 Å². The predicted octanol–water partition coefficient (Wildman–Crippen LogP) is 0.125. The highest BCUT2D eigenvalue weighted by molar-refractivity contribution is 5.85. The molecule has 0 unspecified atom stereocenters. The smallest absolute Gasteiger partial charge is 0.358 e. The maximum Gasteiger partial charge on any atom is 0.358 e. The molecule has 17 heavy (non-hydrogen) atoms. The van der Waals surface area contributed by atoms with Crippen molar-refractivity contribution in [1.82, 2.24) is 10.5 Å². The second kappa shape index (κ2) is 7.77. The number of nitrogens with zero attached hydrogens (tertiary/aromatic N) is 1. The van der Waals surface area contributed by atoms with Gasteiger partial charge in [0.1, 0.15) is 0 Å². The van der Waals surface area contributed by atoms with Crippen LogP contribution < -0.4 is 5.32 Å². The van der Waals surface area contributed by atoms with E-state index in [9.17, 15) is 4.79 Å². The second-order valence-electron chi connectivity index (χ2n) is 3.27. The Balaban J connectivity index is 2.07. The molecule has 0 spiro atoms. The Morgan fingerprint density at radius 3 is 3.00 bits per heavy atom. The van der Waals surface area contributed by atoms with Crippen molar-refractivity contribution in [3.8, 4) is 0 Å². The van der Waals surface area contributed by atoms with Gasteiger partial charge < -0.3 is 24.4 Å². The first-order chi connectivity index (χ1) is 8.24. The number of carboxylic acids is 1. The van der Waals surface area contributed by atoms with Gasteiger partial charge in [-0.25, -0.2) is 4.79 Å². The molecular formula is C10H16N2O5. The SMILES string of the molecule is COCCOCCNCc1cc(C(=O)O)no1. The topological polar surface area (TPSA) is 93.8 Å². The standard InChI is InChI=1S/C10H16N2O5/c1-15-4-5-16-3-2-11-7-8-6-9(10(13)14)12-17-8/h6,11H,2-5,7H2,1H3,(H,13,14). The van der Waals surface area contributed by atoms with E-state index in [0.29, 0.717) is 38.7 Å². The fourth-order valence-electron chi connectivity index (χ4n) is 1.10. The van der Waals surface area contributed by atoms with Crippen molar-refractivity contribution in [3.05, 3.63) is 17.5 Å². The summed E-state index contributed by atoms with van der Waals surface area (Å²) >= 11 is 0. The lowest BCUT2D eigenvalue weighted by atomic mass is 10.3. The summed E-state index contributed by atoms with van der Waals surface area (Å²) in [5, 5.41) is 15.0. The Hall–Kier alpha value is -1.44. The van der Waals surface area contributed by atoms with Crippen molar-refractivity contribution in [3.63, 3.8) is 0 Å². The number of methoxy groups -OCH3 is 1. The third-order valence-electron chi connectivity index (χ3n) is 1.93. The van der Waals surface area contributed by atoms with Crippen LogP contribution >= 0.6 is 0 Å². The van der Waals surface area contributed by atoms with Crippen LogP contribution in [0.25, 0.3) is 0 Å². The highest BCUT2D eigenvalue weighted by Crippen LogP contribution is 2.02. The molecular weight excluding hydrogens is 228 g/mol. The molecule has 0 aliphatic carbocycles. The van der Waals surface area contributed by atoms with Crippen LogP contribution in [0.4, 0.5) is 0 Å². The molecule has 7 nitrogen and oxygen atoms in total. The van der Waals surface area contributed by atoms with Crippen molar-refractivity contribution in [2.45, 2.75) is 6.54 Å². The van der Waals surface area contributed by atoms with Crippen molar-refractivity contribution in [2.75, 3.05) is 33.5 Å². The Kier molecular flexibility index (Phi) is 6.23. The molecule has 0 aliphatic rings. The molecule has 0 atom stereocenters. The maximum absolute atomic E-state index is 10.5. The van der Waals surface area contributed by atoms with Crippen LogP contribution in [-0.4, -0.2) is 49.7 Å². The molecule has 0 aromatic carbocycles. The summed E-state index contributed by atoms with van der Waals surface area (Å²) in [6.07, 6.45) is 0. The monoisotopic (exact) mass is 244 g/mol. The van der Waals surface area contributed by atoms with Gasteiger partial charge in [-0.3, -0.25) is 0 Å². The third kappa shape index (κ3) is 5.43. The number of hydrogen-bond acceptors (Lipinski definition) is 6. The number of hydrogen-bond donors (Lipinski definition) is 2. The molecule has 96 valence electrons. The lowest BCUT2D eigenvalue weighted by Crippen LogP contribution is -2.19. The molecule has 0 fully saturated rings. The molecule has 0 aliphatic heterocycles. The average molecular weight is 244 g/mol. The van der Waals surface area contributed by atoms with E-state index in [1.165, 1.54) is 6.07 Å². The number of ether oxygens (including phenoxy) is 2. The van der Waals surface area contributed by atoms with Crippen LogP contribution in [0.2, 0.25) is 0 Å². The van der Waals surface area contributed by atoms with Gasteiger partial charge in [-0.15, -0.1) is 0 Å². The van der Waals surface area contributed by atoms with E-state index in [1.807, 2.05) is 0 Å². The molecule has 2 N–H and O–H groups in total. The van der Waals surface area contributed by atoms with E-state index in [1.54, 1.807) is 7.11 Å². The van der Waals surface area contributed by atoms with E-state index >= 15 is 0 Å². The Bertz CT molecular complexity index is 339. The Labute approximate surface area is 98.7 Å². The van der Waals surface area contributed by atoms with Gasteiger partial charge in [0.05, 0.1) is 26.4 Å². The summed E-state index contributed by atoms with van der Waals surface area (Å²) in [5.41, 5.74) is -0.0851. The fraction of sp³-hybridized carbons (Fsp3) is 0.600. The molecule has 0 amide bonds. The third-order valence-corrected chi connectivity index (χ3v) is 1.93. The number of nitrogens with one attached hydrogen (secondary N) is 1. The summed E-state index contributed by atoms with van der Waals surface area (Å²) in [4.78, 5) is 10.5. The molecule has 1 rings (SSSR count).